The Morgan fingerprint density at radius 3 is 2.58 bits per heavy atom. The highest BCUT2D eigenvalue weighted by atomic mass is 16.5. The first-order valence-corrected chi connectivity index (χ1v) is 6.82. The number of hydrogen-bond acceptors (Lipinski definition) is 5. The Kier molecular flexibility index (Phi) is 3.05. The monoisotopic (exact) mass is 258 g/mol. The van der Waals surface area contributed by atoms with Crippen molar-refractivity contribution in [1.29, 1.82) is 0 Å². The summed E-state index contributed by atoms with van der Waals surface area (Å²) in [5, 5.41) is 12.2. The molecule has 0 unspecified atom stereocenters. The molecule has 1 aliphatic carbocycles. The topological polar surface area (TPSA) is 64.7 Å². The maximum atomic E-state index is 5.46. The molecule has 2 heterocycles. The fourth-order valence-electron chi connectivity index (χ4n) is 2.64. The molecule has 1 fully saturated rings. The summed E-state index contributed by atoms with van der Waals surface area (Å²) >= 11 is 0. The molecule has 100 valence electrons. The molecule has 0 amide bonds. The van der Waals surface area contributed by atoms with E-state index in [4.69, 9.17) is 4.52 Å². The van der Waals surface area contributed by atoms with E-state index in [0.717, 1.165) is 24.4 Å². The number of rotatable bonds is 2. The van der Waals surface area contributed by atoms with Crippen molar-refractivity contribution >= 4 is 0 Å². The van der Waals surface area contributed by atoms with Gasteiger partial charge >= 0.3 is 0 Å². The molecule has 0 N–H and O–H groups in total. The lowest BCUT2D eigenvalue weighted by Gasteiger charge is -2.29. The largest absolute Gasteiger partial charge is 0.338 e. The smallest absolute Gasteiger partial charge is 0.232 e. The minimum Gasteiger partial charge on any atom is -0.338 e. The van der Waals surface area contributed by atoms with Gasteiger partial charge in [-0.25, -0.2) is 0 Å². The van der Waals surface area contributed by atoms with Crippen LogP contribution in [0.2, 0.25) is 0 Å². The zero-order valence-electron chi connectivity index (χ0n) is 11.4. The van der Waals surface area contributed by atoms with Gasteiger partial charge in [-0.1, -0.05) is 31.3 Å². The number of aryl methyl sites for hydroxylation is 1. The Bertz CT molecular complexity index is 555. The molecule has 2 aromatic rings. The summed E-state index contributed by atoms with van der Waals surface area (Å²) in [7, 11) is 0. The van der Waals surface area contributed by atoms with Crippen molar-refractivity contribution in [2.75, 3.05) is 0 Å². The Balaban J connectivity index is 1.88. The van der Waals surface area contributed by atoms with Gasteiger partial charge in [-0.2, -0.15) is 10.1 Å². The minimum atomic E-state index is 0.0294. The summed E-state index contributed by atoms with van der Waals surface area (Å²) in [4.78, 5) is 4.53. The highest BCUT2D eigenvalue weighted by Crippen LogP contribution is 2.38. The van der Waals surface area contributed by atoms with Crippen LogP contribution in [-0.2, 0) is 5.41 Å². The number of nitrogens with zero attached hydrogens (tertiary/aromatic N) is 4. The van der Waals surface area contributed by atoms with E-state index in [1.165, 1.54) is 19.3 Å². The molecule has 3 rings (SSSR count). The lowest BCUT2D eigenvalue weighted by atomic mass is 9.76. The van der Waals surface area contributed by atoms with Gasteiger partial charge in [0.05, 0.1) is 5.69 Å². The van der Waals surface area contributed by atoms with Crippen molar-refractivity contribution in [3.8, 4) is 11.5 Å². The summed E-state index contributed by atoms with van der Waals surface area (Å²) in [6, 6.07) is 3.78. The lowest BCUT2D eigenvalue weighted by Crippen LogP contribution is -2.25. The lowest BCUT2D eigenvalue weighted by molar-refractivity contribution is 0.232. The molecule has 0 spiro atoms. The van der Waals surface area contributed by atoms with Gasteiger partial charge in [0.1, 0.15) is 5.69 Å². The average molecular weight is 258 g/mol. The first kappa shape index (κ1) is 12.3. The van der Waals surface area contributed by atoms with Crippen LogP contribution in [0.15, 0.2) is 16.7 Å². The molecule has 1 saturated carbocycles. The van der Waals surface area contributed by atoms with Crippen LogP contribution in [0.4, 0.5) is 0 Å². The third-order valence-corrected chi connectivity index (χ3v) is 3.93. The standard InChI is InChI=1S/C14H18N4O/c1-10-6-7-11(17-16-10)12-15-13(19-18-12)14(2)8-4-3-5-9-14/h6-7H,3-5,8-9H2,1-2H3. The van der Waals surface area contributed by atoms with Gasteiger partial charge in [0.25, 0.3) is 0 Å². The zero-order valence-corrected chi connectivity index (χ0v) is 11.4. The predicted molar refractivity (Wildman–Crippen MR) is 70.5 cm³/mol. The molecular formula is C14H18N4O. The Hall–Kier alpha value is -1.78. The number of aromatic nitrogens is 4. The van der Waals surface area contributed by atoms with Gasteiger partial charge in [-0.05, 0) is 31.9 Å². The molecule has 0 bridgehead atoms. The summed E-state index contributed by atoms with van der Waals surface area (Å²) < 4.78 is 5.46. The van der Waals surface area contributed by atoms with E-state index in [-0.39, 0.29) is 5.41 Å². The Labute approximate surface area is 112 Å². The van der Waals surface area contributed by atoms with Gasteiger partial charge in [0.2, 0.25) is 11.7 Å². The second-order valence-corrected chi connectivity index (χ2v) is 5.60. The number of hydrogen-bond donors (Lipinski definition) is 0. The molecule has 0 aliphatic heterocycles. The van der Waals surface area contributed by atoms with E-state index in [1.807, 2.05) is 19.1 Å². The molecule has 5 heteroatoms. The Morgan fingerprint density at radius 2 is 1.89 bits per heavy atom. The fraction of sp³-hybridized carbons (Fsp3) is 0.571. The molecule has 1 aliphatic rings. The van der Waals surface area contributed by atoms with Crippen LogP contribution in [0, 0.1) is 6.92 Å². The van der Waals surface area contributed by atoms with Crippen molar-refractivity contribution in [2.45, 2.75) is 51.4 Å². The minimum absolute atomic E-state index is 0.0294. The average Bonchev–Trinajstić information content (AvgIpc) is 2.91. The second kappa shape index (κ2) is 4.72. The first-order chi connectivity index (χ1) is 9.17. The van der Waals surface area contributed by atoms with Crippen LogP contribution in [0.1, 0.15) is 50.6 Å². The van der Waals surface area contributed by atoms with Crippen LogP contribution in [0.5, 0.6) is 0 Å². The van der Waals surface area contributed by atoms with Crippen LogP contribution in [0.25, 0.3) is 11.5 Å². The van der Waals surface area contributed by atoms with Crippen molar-refractivity contribution in [2.24, 2.45) is 0 Å². The van der Waals surface area contributed by atoms with Crippen molar-refractivity contribution in [3.05, 3.63) is 23.7 Å². The molecule has 19 heavy (non-hydrogen) atoms. The Morgan fingerprint density at radius 1 is 1.11 bits per heavy atom. The second-order valence-electron chi connectivity index (χ2n) is 5.60. The predicted octanol–water partition coefficient (Wildman–Crippen LogP) is 3.06. The summed E-state index contributed by atoms with van der Waals surface area (Å²) in [5.41, 5.74) is 1.58. The third-order valence-electron chi connectivity index (χ3n) is 3.93. The molecule has 0 radical (unpaired) electrons. The van der Waals surface area contributed by atoms with E-state index >= 15 is 0 Å². The summed E-state index contributed by atoms with van der Waals surface area (Å²) in [6.45, 7) is 4.12. The molecule has 5 nitrogen and oxygen atoms in total. The molecule has 0 aromatic carbocycles. The van der Waals surface area contributed by atoms with Gasteiger partial charge in [0, 0.05) is 5.41 Å². The van der Waals surface area contributed by atoms with Gasteiger partial charge < -0.3 is 4.52 Å². The summed E-state index contributed by atoms with van der Waals surface area (Å²) in [6.07, 6.45) is 6.01. The normalized spacial score (nSPS) is 18.4. The van der Waals surface area contributed by atoms with Crippen molar-refractivity contribution < 1.29 is 4.52 Å². The summed E-state index contributed by atoms with van der Waals surface area (Å²) in [5.74, 6) is 1.28. The van der Waals surface area contributed by atoms with Crippen LogP contribution < -0.4 is 0 Å². The van der Waals surface area contributed by atoms with E-state index in [9.17, 15) is 0 Å². The third kappa shape index (κ3) is 2.37. The highest BCUT2D eigenvalue weighted by Gasteiger charge is 2.34. The van der Waals surface area contributed by atoms with Crippen molar-refractivity contribution in [1.82, 2.24) is 20.3 Å². The molecule has 2 aromatic heterocycles. The van der Waals surface area contributed by atoms with E-state index in [1.54, 1.807) is 0 Å². The van der Waals surface area contributed by atoms with E-state index < -0.39 is 0 Å². The van der Waals surface area contributed by atoms with Gasteiger partial charge in [-0.15, -0.1) is 5.10 Å². The first-order valence-electron chi connectivity index (χ1n) is 6.82. The van der Waals surface area contributed by atoms with Crippen LogP contribution in [-0.4, -0.2) is 20.3 Å². The maximum Gasteiger partial charge on any atom is 0.232 e. The maximum absolute atomic E-state index is 5.46. The SMILES string of the molecule is Cc1ccc(-c2noc(C3(C)CCCCC3)n2)nn1. The van der Waals surface area contributed by atoms with Gasteiger partial charge in [0.15, 0.2) is 0 Å². The molecular weight excluding hydrogens is 240 g/mol. The van der Waals surface area contributed by atoms with Crippen LogP contribution in [0.3, 0.4) is 0 Å². The van der Waals surface area contributed by atoms with Crippen molar-refractivity contribution in [3.63, 3.8) is 0 Å². The molecule has 0 atom stereocenters. The quantitative estimate of drug-likeness (QED) is 0.828. The van der Waals surface area contributed by atoms with Crippen LogP contribution >= 0.6 is 0 Å². The fourth-order valence-corrected chi connectivity index (χ4v) is 2.64. The molecule has 0 saturated heterocycles. The highest BCUT2D eigenvalue weighted by molar-refractivity contribution is 5.47. The van der Waals surface area contributed by atoms with E-state index in [0.29, 0.717) is 11.5 Å². The van der Waals surface area contributed by atoms with E-state index in [2.05, 4.69) is 27.3 Å². The van der Waals surface area contributed by atoms with Gasteiger partial charge in [-0.3, -0.25) is 0 Å². The zero-order chi connectivity index (χ0) is 13.3.